The molecule has 0 saturated heterocycles. The van der Waals surface area contributed by atoms with Gasteiger partial charge in [-0.15, -0.1) is 0 Å². The lowest BCUT2D eigenvalue weighted by Gasteiger charge is -2.13. The van der Waals surface area contributed by atoms with Gasteiger partial charge < -0.3 is 37.8 Å². The summed E-state index contributed by atoms with van der Waals surface area (Å²) in [4.78, 5) is 30.3. The number of carbonyl (C=O) groups excluding carboxylic acids is 1. The Labute approximate surface area is 182 Å². The van der Waals surface area contributed by atoms with Gasteiger partial charge in [-0.25, -0.2) is 9.59 Å². The number of carboxylic acids is 1. The van der Waals surface area contributed by atoms with Crippen LogP contribution in [0.3, 0.4) is 0 Å². The second-order valence-corrected chi connectivity index (χ2v) is 10.1. The summed E-state index contributed by atoms with van der Waals surface area (Å²) in [5.41, 5.74) is 0.117. The number of carbonyl (C=O) groups is 2. The molecule has 14 heteroatoms. The Balaban J connectivity index is 0. The molecule has 0 bridgehead atoms. The van der Waals surface area contributed by atoms with Gasteiger partial charge in [0.15, 0.2) is 0 Å². The number of carboxylic acid groups (broad SMARTS) is 1. The maximum atomic E-state index is 11.6. The molecular weight excluding hydrogens is 458 g/mol. The van der Waals surface area contributed by atoms with Crippen LogP contribution in [0, 0.1) is 0 Å². The van der Waals surface area contributed by atoms with Crippen molar-refractivity contribution < 1.29 is 56.5 Å². The van der Waals surface area contributed by atoms with Crippen molar-refractivity contribution in [1.82, 2.24) is 0 Å². The average molecular weight is 490 g/mol. The van der Waals surface area contributed by atoms with Crippen molar-refractivity contribution in [3.05, 3.63) is 24.3 Å². The molecule has 0 aromatic carbocycles. The van der Waals surface area contributed by atoms with Crippen LogP contribution in [-0.4, -0.2) is 88.6 Å². The first-order valence-electron chi connectivity index (χ1n) is 8.87. The lowest BCUT2D eigenvalue weighted by atomic mass is 10.3. The molecule has 2 N–H and O–H groups in total. The number of hydrogen-bond acceptors (Lipinski definition) is 10. The highest BCUT2D eigenvalue weighted by Gasteiger charge is 2.20. The SMILES string of the molecule is C=C(COCCP(=O)(O)OC)C(=O)O.C=C(COCCP(=O)(OC)OC)C(=O)OCC. The number of esters is 1. The Morgan fingerprint density at radius 3 is 1.77 bits per heavy atom. The van der Waals surface area contributed by atoms with E-state index in [-0.39, 0.29) is 49.9 Å². The highest BCUT2D eigenvalue weighted by molar-refractivity contribution is 7.53. The van der Waals surface area contributed by atoms with Crippen LogP contribution in [0.1, 0.15) is 6.92 Å². The van der Waals surface area contributed by atoms with Crippen molar-refractivity contribution in [2.45, 2.75) is 6.92 Å². The van der Waals surface area contributed by atoms with Gasteiger partial charge in [0.25, 0.3) is 0 Å². The first-order chi connectivity index (χ1) is 14.4. The molecule has 0 aliphatic carbocycles. The molecule has 0 aliphatic rings. The van der Waals surface area contributed by atoms with Crippen LogP contribution in [0.4, 0.5) is 0 Å². The zero-order valence-electron chi connectivity index (χ0n) is 18.2. The number of rotatable bonds is 16. The monoisotopic (exact) mass is 490 g/mol. The van der Waals surface area contributed by atoms with E-state index in [9.17, 15) is 18.7 Å². The van der Waals surface area contributed by atoms with Crippen molar-refractivity contribution in [2.75, 3.05) is 66.7 Å². The van der Waals surface area contributed by atoms with Crippen LogP contribution in [-0.2, 0) is 46.5 Å². The predicted octanol–water partition coefficient (Wildman–Crippen LogP) is 2.08. The standard InChI is InChI=1S/C10H19O6P.C7H13O6P/c1-5-16-10(11)9(2)8-15-6-7-17(12,13-3)14-4;1-6(7(8)9)5-13-3-4-14(10,11)12-2/h2,5-8H2,1,3-4H3;1,3-5H2,2H3,(H,8,9)(H,10,11). The van der Waals surface area contributed by atoms with E-state index < -0.39 is 27.1 Å². The predicted molar refractivity (Wildman–Crippen MR) is 112 cm³/mol. The third-order valence-corrected chi connectivity index (χ3v) is 6.45. The topological polar surface area (TPSA) is 164 Å². The van der Waals surface area contributed by atoms with E-state index in [1.807, 2.05) is 0 Å². The average Bonchev–Trinajstić information content (AvgIpc) is 2.74. The van der Waals surface area contributed by atoms with Gasteiger partial charge in [0.1, 0.15) is 0 Å². The molecule has 12 nitrogen and oxygen atoms in total. The molecule has 0 heterocycles. The first kappa shape index (κ1) is 31.8. The van der Waals surface area contributed by atoms with Gasteiger partial charge in [0.2, 0.25) is 0 Å². The number of aliphatic carboxylic acids is 1. The fourth-order valence-electron chi connectivity index (χ4n) is 1.45. The second kappa shape index (κ2) is 17.2. The molecule has 0 aromatic heterocycles. The summed E-state index contributed by atoms with van der Waals surface area (Å²) < 4.78 is 50.8. The minimum absolute atomic E-state index is 0.0340. The van der Waals surface area contributed by atoms with E-state index >= 15 is 0 Å². The van der Waals surface area contributed by atoms with E-state index in [2.05, 4.69) is 17.7 Å². The molecule has 0 saturated carbocycles. The van der Waals surface area contributed by atoms with Gasteiger partial charge in [0.05, 0.1) is 56.5 Å². The summed E-state index contributed by atoms with van der Waals surface area (Å²) in [6.45, 7) is 8.71. The van der Waals surface area contributed by atoms with E-state index in [4.69, 9.17) is 33.3 Å². The van der Waals surface area contributed by atoms with Crippen LogP contribution in [0.25, 0.3) is 0 Å². The highest BCUT2D eigenvalue weighted by atomic mass is 31.2. The lowest BCUT2D eigenvalue weighted by Crippen LogP contribution is -2.13. The lowest BCUT2D eigenvalue weighted by molar-refractivity contribution is -0.139. The third-order valence-electron chi connectivity index (χ3n) is 3.29. The minimum atomic E-state index is -3.56. The maximum Gasteiger partial charge on any atom is 0.335 e. The maximum absolute atomic E-state index is 11.6. The van der Waals surface area contributed by atoms with Gasteiger partial charge in [0, 0.05) is 21.3 Å². The fraction of sp³-hybridized carbons (Fsp3) is 0.647. The van der Waals surface area contributed by atoms with E-state index in [0.29, 0.717) is 6.61 Å². The molecular formula is C17H32O12P2. The second-order valence-electron chi connectivity index (χ2n) is 5.58. The normalized spacial score (nSPS) is 12.8. The van der Waals surface area contributed by atoms with E-state index in [0.717, 1.165) is 7.11 Å². The Morgan fingerprint density at radius 2 is 1.35 bits per heavy atom. The molecule has 0 aromatic rings. The Bertz CT molecular complexity index is 668. The number of hydrogen-bond donors (Lipinski definition) is 2. The van der Waals surface area contributed by atoms with Crippen LogP contribution in [0.5, 0.6) is 0 Å². The molecule has 0 radical (unpaired) electrons. The molecule has 1 unspecified atom stereocenters. The summed E-state index contributed by atoms with van der Waals surface area (Å²) in [7, 11) is -2.87. The van der Waals surface area contributed by atoms with E-state index in [1.165, 1.54) is 14.2 Å². The largest absolute Gasteiger partial charge is 0.478 e. The molecule has 0 fully saturated rings. The van der Waals surface area contributed by atoms with Gasteiger partial charge >= 0.3 is 27.1 Å². The van der Waals surface area contributed by atoms with Crippen molar-refractivity contribution >= 4 is 27.1 Å². The van der Waals surface area contributed by atoms with Crippen LogP contribution >= 0.6 is 15.2 Å². The summed E-state index contributed by atoms with van der Waals surface area (Å²) in [6.07, 6.45) is -0.0491. The molecule has 0 amide bonds. The van der Waals surface area contributed by atoms with Crippen molar-refractivity contribution in [3.8, 4) is 0 Å². The van der Waals surface area contributed by atoms with Crippen molar-refractivity contribution in [3.63, 3.8) is 0 Å². The quantitative estimate of drug-likeness (QED) is 0.140. The highest BCUT2D eigenvalue weighted by Crippen LogP contribution is 2.45. The Hall–Kier alpha value is -1.36. The molecule has 0 spiro atoms. The molecule has 0 aliphatic heterocycles. The zero-order valence-corrected chi connectivity index (χ0v) is 20.0. The van der Waals surface area contributed by atoms with Crippen LogP contribution in [0.2, 0.25) is 0 Å². The van der Waals surface area contributed by atoms with E-state index in [1.54, 1.807) is 6.92 Å². The first-order valence-corrected chi connectivity index (χ1v) is 12.4. The Kier molecular flexibility index (Phi) is 17.7. The summed E-state index contributed by atoms with van der Waals surface area (Å²) in [5, 5.41) is 8.38. The summed E-state index contributed by atoms with van der Waals surface area (Å²) in [5.74, 6) is -1.64. The molecule has 0 rings (SSSR count). The Morgan fingerprint density at radius 1 is 0.871 bits per heavy atom. The summed E-state index contributed by atoms with van der Waals surface area (Å²) in [6, 6.07) is 0. The molecule has 1 atom stereocenters. The zero-order chi connectivity index (χ0) is 24.5. The van der Waals surface area contributed by atoms with Gasteiger partial charge in [-0.1, -0.05) is 13.2 Å². The molecule has 182 valence electrons. The minimum Gasteiger partial charge on any atom is -0.478 e. The van der Waals surface area contributed by atoms with Gasteiger partial charge in [-0.3, -0.25) is 9.13 Å². The van der Waals surface area contributed by atoms with Crippen molar-refractivity contribution in [1.29, 1.82) is 0 Å². The van der Waals surface area contributed by atoms with Crippen LogP contribution < -0.4 is 0 Å². The third kappa shape index (κ3) is 16.9. The number of ether oxygens (including phenoxy) is 3. The van der Waals surface area contributed by atoms with Gasteiger partial charge in [-0.2, -0.15) is 0 Å². The van der Waals surface area contributed by atoms with Gasteiger partial charge in [-0.05, 0) is 6.92 Å². The fourth-order valence-corrected chi connectivity index (χ4v) is 2.86. The van der Waals surface area contributed by atoms with Crippen LogP contribution in [0.15, 0.2) is 24.3 Å². The summed E-state index contributed by atoms with van der Waals surface area (Å²) >= 11 is 0. The van der Waals surface area contributed by atoms with Crippen molar-refractivity contribution in [2.24, 2.45) is 0 Å². The smallest absolute Gasteiger partial charge is 0.335 e. The molecule has 31 heavy (non-hydrogen) atoms.